The van der Waals surface area contributed by atoms with Crippen molar-refractivity contribution in [3.63, 3.8) is 0 Å². The molecule has 34 heavy (non-hydrogen) atoms. The summed E-state index contributed by atoms with van der Waals surface area (Å²) >= 11 is 0. The molecule has 2 rings (SSSR count). The maximum Gasteiger partial charge on any atom is 0.328 e. The van der Waals surface area contributed by atoms with Crippen molar-refractivity contribution in [1.82, 2.24) is 10.3 Å². The lowest BCUT2D eigenvalue weighted by Crippen LogP contribution is -2.47. The molecule has 1 aromatic carbocycles. The zero-order chi connectivity index (χ0) is 25.1. The highest BCUT2D eigenvalue weighted by molar-refractivity contribution is 5.97. The minimum atomic E-state index is -1.00. The van der Waals surface area contributed by atoms with E-state index in [0.29, 0.717) is 18.8 Å². The maximum atomic E-state index is 12.8. The Morgan fingerprint density at radius 3 is 2.44 bits per heavy atom. The lowest BCUT2D eigenvalue weighted by molar-refractivity contribution is -0.160. The van der Waals surface area contributed by atoms with Crippen LogP contribution in [0.4, 0.5) is 0 Å². The summed E-state index contributed by atoms with van der Waals surface area (Å²) < 4.78 is 22.8. The lowest BCUT2D eigenvalue weighted by Gasteiger charge is -2.32. The summed E-state index contributed by atoms with van der Waals surface area (Å²) in [7, 11) is 1.36. The second kappa shape index (κ2) is 13.4. The van der Waals surface area contributed by atoms with Gasteiger partial charge in [-0.25, -0.2) is 9.78 Å². The zero-order valence-corrected chi connectivity index (χ0v) is 20.3. The molecule has 0 bridgehead atoms. The summed E-state index contributed by atoms with van der Waals surface area (Å²) in [4.78, 5) is 29.2. The summed E-state index contributed by atoms with van der Waals surface area (Å²) in [5.74, 6) is -1.07. The minimum Gasteiger partial charge on any atom is -0.503 e. The molecule has 4 atom stereocenters. The molecule has 2 N–H and O–H groups in total. The fraction of sp³-hybridized carbons (Fsp3) is 0.480. The van der Waals surface area contributed by atoms with Crippen molar-refractivity contribution in [1.29, 1.82) is 0 Å². The Balaban J connectivity index is 2.09. The molecule has 1 amide bonds. The molecule has 0 aliphatic carbocycles. The number of rotatable bonds is 13. The molecule has 0 fully saturated rings. The van der Waals surface area contributed by atoms with Crippen LogP contribution in [0.5, 0.6) is 17.2 Å². The number of amides is 1. The summed E-state index contributed by atoms with van der Waals surface area (Å²) in [6.07, 6.45) is 1.30. The molecule has 9 heteroatoms. The number of aromatic hydroxyl groups is 1. The first-order valence-corrected chi connectivity index (χ1v) is 11.4. The first kappa shape index (κ1) is 26.9. The van der Waals surface area contributed by atoms with Crippen LogP contribution in [-0.2, 0) is 14.3 Å². The number of nitrogens with zero attached hydrogens (tertiary/aromatic N) is 1. The molecule has 1 heterocycles. The number of nitrogens with one attached hydrogen (secondary N) is 1. The standard InChI is InChI=1S/C25H34N2O7/c1-6-15-32-19(7-2)23(34-18-11-9-8-10-12-18)17(4)33-25(30)16(3)27-24(29)21-22(28)20(31-5)13-14-26-21/h8-14,16-17,19,23,28H,6-7,15H2,1-5H3,(H,27,29)/t16-,17-,19-,23-/m0/s1. The van der Waals surface area contributed by atoms with Gasteiger partial charge >= 0.3 is 5.97 Å². The van der Waals surface area contributed by atoms with Gasteiger partial charge in [0.1, 0.15) is 17.9 Å². The Bertz CT molecular complexity index is 923. The molecule has 0 radical (unpaired) electrons. The van der Waals surface area contributed by atoms with Gasteiger partial charge in [0.05, 0.1) is 13.2 Å². The van der Waals surface area contributed by atoms with Gasteiger partial charge in [-0.2, -0.15) is 0 Å². The van der Waals surface area contributed by atoms with Gasteiger partial charge in [-0.3, -0.25) is 4.79 Å². The van der Waals surface area contributed by atoms with Crippen LogP contribution in [0.3, 0.4) is 0 Å². The van der Waals surface area contributed by atoms with E-state index in [-0.39, 0.29) is 17.5 Å². The zero-order valence-electron chi connectivity index (χ0n) is 20.3. The molecule has 0 unspecified atom stereocenters. The number of carbonyl (C=O) groups is 2. The van der Waals surface area contributed by atoms with E-state index >= 15 is 0 Å². The Morgan fingerprint density at radius 2 is 1.82 bits per heavy atom. The highest BCUT2D eigenvalue weighted by Gasteiger charge is 2.33. The van der Waals surface area contributed by atoms with Crippen LogP contribution in [-0.4, -0.2) is 60.0 Å². The van der Waals surface area contributed by atoms with Gasteiger partial charge in [-0.15, -0.1) is 0 Å². The van der Waals surface area contributed by atoms with Crippen LogP contribution in [0.1, 0.15) is 51.0 Å². The van der Waals surface area contributed by atoms with Crippen molar-refractivity contribution in [2.45, 2.75) is 64.9 Å². The van der Waals surface area contributed by atoms with Crippen LogP contribution in [0.25, 0.3) is 0 Å². The second-order valence-electron chi connectivity index (χ2n) is 7.76. The van der Waals surface area contributed by atoms with Crippen molar-refractivity contribution in [2.24, 2.45) is 0 Å². The van der Waals surface area contributed by atoms with Crippen LogP contribution >= 0.6 is 0 Å². The number of carbonyl (C=O) groups excluding carboxylic acids is 2. The van der Waals surface area contributed by atoms with Crippen LogP contribution < -0.4 is 14.8 Å². The highest BCUT2D eigenvalue weighted by Crippen LogP contribution is 2.27. The van der Waals surface area contributed by atoms with E-state index in [1.165, 1.54) is 26.3 Å². The molecule has 0 saturated heterocycles. The van der Waals surface area contributed by atoms with E-state index in [9.17, 15) is 14.7 Å². The maximum absolute atomic E-state index is 12.8. The third-order valence-electron chi connectivity index (χ3n) is 5.11. The van der Waals surface area contributed by atoms with E-state index in [1.54, 1.807) is 6.92 Å². The first-order chi connectivity index (χ1) is 16.3. The van der Waals surface area contributed by atoms with E-state index in [2.05, 4.69) is 10.3 Å². The Morgan fingerprint density at radius 1 is 1.12 bits per heavy atom. The normalized spacial score (nSPS) is 14.4. The van der Waals surface area contributed by atoms with E-state index < -0.39 is 35.9 Å². The molecular weight excluding hydrogens is 440 g/mol. The predicted octanol–water partition coefficient (Wildman–Crippen LogP) is 3.50. The number of methoxy groups -OCH3 is 1. The van der Waals surface area contributed by atoms with Gasteiger partial charge in [-0.05, 0) is 38.8 Å². The van der Waals surface area contributed by atoms with Crippen molar-refractivity contribution in [2.75, 3.05) is 13.7 Å². The largest absolute Gasteiger partial charge is 0.503 e. The summed E-state index contributed by atoms with van der Waals surface area (Å²) in [5, 5.41) is 12.6. The number of esters is 1. The van der Waals surface area contributed by atoms with E-state index in [1.807, 2.05) is 44.2 Å². The monoisotopic (exact) mass is 474 g/mol. The summed E-state index contributed by atoms with van der Waals surface area (Å²) in [6.45, 7) is 7.77. The van der Waals surface area contributed by atoms with E-state index in [0.717, 1.165) is 6.42 Å². The number of pyridine rings is 1. The van der Waals surface area contributed by atoms with Crippen molar-refractivity contribution < 1.29 is 33.6 Å². The molecule has 1 aromatic heterocycles. The predicted molar refractivity (Wildman–Crippen MR) is 126 cm³/mol. The molecule has 0 spiro atoms. The van der Waals surface area contributed by atoms with Crippen LogP contribution in [0.15, 0.2) is 42.6 Å². The molecule has 2 aromatic rings. The number of ether oxygens (including phenoxy) is 4. The number of hydrogen-bond acceptors (Lipinski definition) is 8. The van der Waals surface area contributed by atoms with Gasteiger partial charge in [0.15, 0.2) is 23.3 Å². The summed E-state index contributed by atoms with van der Waals surface area (Å²) in [5.41, 5.74) is -0.253. The molecule has 0 aliphatic heterocycles. The number of benzene rings is 1. The van der Waals surface area contributed by atoms with Gasteiger partial charge in [-0.1, -0.05) is 32.0 Å². The minimum absolute atomic E-state index is 0.0996. The van der Waals surface area contributed by atoms with Gasteiger partial charge < -0.3 is 29.4 Å². The first-order valence-electron chi connectivity index (χ1n) is 11.4. The van der Waals surface area contributed by atoms with Gasteiger partial charge in [0.2, 0.25) is 0 Å². The smallest absolute Gasteiger partial charge is 0.328 e. The quantitative estimate of drug-likeness (QED) is 0.424. The number of aromatic nitrogens is 1. The van der Waals surface area contributed by atoms with Crippen molar-refractivity contribution in [3.8, 4) is 17.2 Å². The number of hydrogen-bond donors (Lipinski definition) is 2. The molecule has 0 aliphatic rings. The molecule has 0 saturated carbocycles. The van der Waals surface area contributed by atoms with Gasteiger partial charge in [0.25, 0.3) is 5.91 Å². The average Bonchev–Trinajstić information content (AvgIpc) is 2.84. The number of para-hydroxylation sites is 1. The molecule has 186 valence electrons. The van der Waals surface area contributed by atoms with Crippen LogP contribution in [0.2, 0.25) is 0 Å². The molecular formula is C25H34N2O7. The summed E-state index contributed by atoms with van der Waals surface area (Å²) in [6, 6.07) is 9.66. The van der Waals surface area contributed by atoms with Crippen LogP contribution in [0, 0.1) is 0 Å². The third kappa shape index (κ3) is 7.34. The topological polar surface area (TPSA) is 116 Å². The van der Waals surface area contributed by atoms with E-state index in [4.69, 9.17) is 18.9 Å². The fourth-order valence-corrected chi connectivity index (χ4v) is 3.29. The second-order valence-corrected chi connectivity index (χ2v) is 7.76. The lowest BCUT2D eigenvalue weighted by atomic mass is 10.1. The Labute approximate surface area is 200 Å². The van der Waals surface area contributed by atoms with Gasteiger partial charge in [0, 0.05) is 18.9 Å². The molecule has 9 nitrogen and oxygen atoms in total. The van der Waals surface area contributed by atoms with Crippen molar-refractivity contribution >= 4 is 11.9 Å². The Kier molecular flexibility index (Phi) is 10.6. The fourth-order valence-electron chi connectivity index (χ4n) is 3.29. The third-order valence-corrected chi connectivity index (χ3v) is 5.11. The highest BCUT2D eigenvalue weighted by atomic mass is 16.6. The SMILES string of the molecule is CCCO[C@@H](CC)[C@@H](Oc1ccccc1)[C@H](C)OC(=O)[C@H](C)NC(=O)c1nccc(OC)c1O. The van der Waals surface area contributed by atoms with Crippen molar-refractivity contribution in [3.05, 3.63) is 48.3 Å². The average molecular weight is 475 g/mol. The Hall–Kier alpha value is -3.33.